The first-order chi connectivity index (χ1) is 8.58. The van der Waals surface area contributed by atoms with Crippen molar-refractivity contribution in [3.05, 3.63) is 29.6 Å². The van der Waals surface area contributed by atoms with Crippen molar-refractivity contribution in [3.8, 4) is 0 Å². The number of imidazole rings is 1. The molecule has 0 bridgehead atoms. The Labute approximate surface area is 107 Å². The molecule has 1 aromatic carbocycles. The Balaban J connectivity index is 2.04. The lowest BCUT2D eigenvalue weighted by Crippen LogP contribution is -2.16. The largest absolute Gasteiger partial charge is 0.331 e. The number of nitrogens with zero attached hydrogens (tertiary/aromatic N) is 2. The van der Waals surface area contributed by atoms with Crippen LogP contribution in [0.3, 0.4) is 0 Å². The molecule has 1 heterocycles. The van der Waals surface area contributed by atoms with Gasteiger partial charge in [0.25, 0.3) is 0 Å². The van der Waals surface area contributed by atoms with Crippen LogP contribution in [0, 0.1) is 6.92 Å². The maximum atomic E-state index is 10.8. The number of benzene rings is 1. The van der Waals surface area contributed by atoms with E-state index in [1.54, 1.807) is 6.92 Å². The molecule has 4 heteroatoms. The number of ketones is 1. The molecule has 1 aromatic heterocycles. The van der Waals surface area contributed by atoms with Gasteiger partial charge in [0.1, 0.15) is 11.6 Å². The predicted octanol–water partition coefficient (Wildman–Crippen LogP) is 1.95. The molecule has 0 saturated carbocycles. The van der Waals surface area contributed by atoms with Gasteiger partial charge in [0.05, 0.1) is 11.0 Å². The third-order valence-electron chi connectivity index (χ3n) is 3.15. The lowest BCUT2D eigenvalue weighted by molar-refractivity contribution is -0.116. The van der Waals surface area contributed by atoms with E-state index in [9.17, 15) is 4.79 Å². The Morgan fingerprint density at radius 3 is 2.94 bits per heavy atom. The molecule has 0 amide bonds. The summed E-state index contributed by atoms with van der Waals surface area (Å²) in [5.74, 6) is 1.24. The SMILES string of the molecule is CC(=O)CCNCc1ccc2c(c1)nc(C)n2C. The second-order valence-electron chi connectivity index (χ2n) is 4.67. The monoisotopic (exact) mass is 245 g/mol. The maximum absolute atomic E-state index is 10.8. The molecule has 0 aliphatic carbocycles. The highest BCUT2D eigenvalue weighted by Crippen LogP contribution is 2.16. The zero-order chi connectivity index (χ0) is 13.1. The van der Waals surface area contributed by atoms with E-state index in [1.165, 1.54) is 5.56 Å². The summed E-state index contributed by atoms with van der Waals surface area (Å²) >= 11 is 0. The molecule has 0 aliphatic heterocycles. The van der Waals surface area contributed by atoms with E-state index in [2.05, 4.69) is 33.1 Å². The van der Waals surface area contributed by atoms with Crippen LogP contribution in [0.5, 0.6) is 0 Å². The van der Waals surface area contributed by atoms with Gasteiger partial charge < -0.3 is 9.88 Å². The lowest BCUT2D eigenvalue weighted by atomic mass is 10.2. The van der Waals surface area contributed by atoms with Crippen LogP contribution in [-0.2, 0) is 18.4 Å². The Morgan fingerprint density at radius 1 is 1.44 bits per heavy atom. The van der Waals surface area contributed by atoms with Crippen molar-refractivity contribution in [3.63, 3.8) is 0 Å². The summed E-state index contributed by atoms with van der Waals surface area (Å²) in [5.41, 5.74) is 3.38. The summed E-state index contributed by atoms with van der Waals surface area (Å²) in [7, 11) is 2.02. The maximum Gasteiger partial charge on any atom is 0.131 e. The van der Waals surface area contributed by atoms with Crippen LogP contribution >= 0.6 is 0 Å². The van der Waals surface area contributed by atoms with Crippen molar-refractivity contribution >= 4 is 16.8 Å². The van der Waals surface area contributed by atoms with Gasteiger partial charge in [-0.15, -0.1) is 0 Å². The Hall–Kier alpha value is -1.68. The molecule has 18 heavy (non-hydrogen) atoms. The summed E-state index contributed by atoms with van der Waals surface area (Å²) in [6, 6.07) is 6.30. The Morgan fingerprint density at radius 2 is 2.22 bits per heavy atom. The van der Waals surface area contributed by atoms with Crippen molar-refractivity contribution in [2.45, 2.75) is 26.8 Å². The molecule has 0 aliphatic rings. The first kappa shape index (κ1) is 12.8. The molecule has 0 fully saturated rings. The van der Waals surface area contributed by atoms with Gasteiger partial charge in [0.2, 0.25) is 0 Å². The zero-order valence-electron chi connectivity index (χ0n) is 11.2. The van der Waals surface area contributed by atoms with Crippen LogP contribution in [0.2, 0.25) is 0 Å². The fourth-order valence-corrected chi connectivity index (χ4v) is 1.97. The van der Waals surface area contributed by atoms with Crippen LogP contribution in [0.25, 0.3) is 11.0 Å². The summed E-state index contributed by atoms with van der Waals surface area (Å²) in [5, 5.41) is 3.26. The molecule has 2 aromatic rings. The number of rotatable bonds is 5. The van der Waals surface area contributed by atoms with E-state index >= 15 is 0 Å². The zero-order valence-corrected chi connectivity index (χ0v) is 11.2. The quantitative estimate of drug-likeness (QED) is 0.819. The molecule has 4 nitrogen and oxygen atoms in total. The molecule has 0 unspecified atom stereocenters. The van der Waals surface area contributed by atoms with Crippen molar-refractivity contribution in [2.24, 2.45) is 7.05 Å². The van der Waals surface area contributed by atoms with Gasteiger partial charge in [-0.3, -0.25) is 4.79 Å². The summed E-state index contributed by atoms with van der Waals surface area (Å²) in [4.78, 5) is 15.3. The van der Waals surface area contributed by atoms with Gasteiger partial charge >= 0.3 is 0 Å². The van der Waals surface area contributed by atoms with Crippen molar-refractivity contribution in [1.29, 1.82) is 0 Å². The molecule has 2 rings (SSSR count). The first-order valence-electron chi connectivity index (χ1n) is 6.20. The van der Waals surface area contributed by atoms with Crippen molar-refractivity contribution in [1.82, 2.24) is 14.9 Å². The van der Waals surface area contributed by atoms with E-state index in [1.807, 2.05) is 14.0 Å². The summed E-state index contributed by atoms with van der Waals surface area (Å²) in [6.45, 7) is 5.13. The fourth-order valence-electron chi connectivity index (χ4n) is 1.97. The number of aryl methyl sites for hydroxylation is 2. The molecule has 0 radical (unpaired) electrons. The summed E-state index contributed by atoms with van der Waals surface area (Å²) in [6.07, 6.45) is 0.588. The normalized spacial score (nSPS) is 11.1. The number of nitrogens with one attached hydrogen (secondary N) is 1. The fraction of sp³-hybridized carbons (Fsp3) is 0.429. The molecule has 0 spiro atoms. The van der Waals surface area contributed by atoms with Crippen LogP contribution in [-0.4, -0.2) is 21.9 Å². The molecule has 0 saturated heterocycles. The van der Waals surface area contributed by atoms with E-state index in [0.717, 1.165) is 29.9 Å². The Kier molecular flexibility index (Phi) is 3.77. The number of carbonyl (C=O) groups is 1. The third-order valence-corrected chi connectivity index (χ3v) is 3.15. The molecule has 96 valence electrons. The van der Waals surface area contributed by atoms with Crippen LogP contribution in [0.4, 0.5) is 0 Å². The number of hydrogen-bond acceptors (Lipinski definition) is 3. The van der Waals surface area contributed by atoms with Gasteiger partial charge in [0.15, 0.2) is 0 Å². The minimum Gasteiger partial charge on any atom is -0.331 e. The highest BCUT2D eigenvalue weighted by molar-refractivity contribution is 5.77. The second kappa shape index (κ2) is 5.31. The van der Waals surface area contributed by atoms with Gasteiger partial charge in [0, 0.05) is 26.6 Å². The Bertz CT molecular complexity index is 572. The number of hydrogen-bond donors (Lipinski definition) is 1. The third kappa shape index (κ3) is 2.76. The predicted molar refractivity (Wildman–Crippen MR) is 72.5 cm³/mol. The van der Waals surface area contributed by atoms with E-state index in [0.29, 0.717) is 6.42 Å². The highest BCUT2D eigenvalue weighted by atomic mass is 16.1. The molecular formula is C14H19N3O. The molecule has 0 atom stereocenters. The highest BCUT2D eigenvalue weighted by Gasteiger charge is 2.04. The van der Waals surface area contributed by atoms with Crippen molar-refractivity contribution < 1.29 is 4.79 Å². The van der Waals surface area contributed by atoms with Crippen LogP contribution in [0.15, 0.2) is 18.2 Å². The second-order valence-corrected chi connectivity index (χ2v) is 4.67. The smallest absolute Gasteiger partial charge is 0.131 e. The number of Topliss-reactive ketones (excluding diaryl/α,β-unsaturated/α-hetero) is 1. The van der Waals surface area contributed by atoms with Gasteiger partial charge in [-0.05, 0) is 31.5 Å². The number of carbonyl (C=O) groups excluding carboxylic acids is 1. The van der Waals surface area contributed by atoms with E-state index in [-0.39, 0.29) is 5.78 Å². The number of fused-ring (bicyclic) bond motifs is 1. The average Bonchev–Trinajstić information content (AvgIpc) is 2.60. The van der Waals surface area contributed by atoms with Gasteiger partial charge in [-0.2, -0.15) is 0 Å². The minimum atomic E-state index is 0.221. The molecular weight excluding hydrogens is 226 g/mol. The van der Waals surface area contributed by atoms with Crippen LogP contribution < -0.4 is 5.32 Å². The van der Waals surface area contributed by atoms with E-state index < -0.39 is 0 Å². The van der Waals surface area contributed by atoms with E-state index in [4.69, 9.17) is 0 Å². The standard InChI is InChI=1S/C14H19N3O/c1-10(18)6-7-15-9-12-4-5-14-13(8-12)16-11(2)17(14)3/h4-5,8,15H,6-7,9H2,1-3H3. The topological polar surface area (TPSA) is 46.9 Å². The minimum absolute atomic E-state index is 0.221. The first-order valence-corrected chi connectivity index (χ1v) is 6.20. The van der Waals surface area contributed by atoms with Gasteiger partial charge in [-0.25, -0.2) is 4.98 Å². The van der Waals surface area contributed by atoms with Crippen LogP contribution in [0.1, 0.15) is 24.7 Å². The average molecular weight is 245 g/mol. The number of aromatic nitrogens is 2. The summed E-state index contributed by atoms with van der Waals surface area (Å²) < 4.78 is 2.09. The molecule has 1 N–H and O–H groups in total. The van der Waals surface area contributed by atoms with Crippen molar-refractivity contribution in [2.75, 3.05) is 6.54 Å². The van der Waals surface area contributed by atoms with Gasteiger partial charge in [-0.1, -0.05) is 6.07 Å². The lowest BCUT2D eigenvalue weighted by Gasteiger charge is -2.04.